The fraction of sp³-hybridized carbons (Fsp3) is 0.375. The van der Waals surface area contributed by atoms with E-state index in [1.807, 2.05) is 0 Å². The standard InChI is InChI=1S/C5H6O4.C3H5NOS/c1-9-5(8)3-2-4(6)7;5-3-4-1-2-6-3/h2-3H,1H3,(H,6,7);1-2H2,(H,4,5)/b3-2+;. The van der Waals surface area contributed by atoms with Crippen molar-refractivity contribution in [3.8, 4) is 0 Å². The molecule has 0 radical (unpaired) electrons. The minimum Gasteiger partial charge on any atom is -0.478 e. The zero-order valence-electron chi connectivity index (χ0n) is 8.06. The third-order valence-electron chi connectivity index (χ3n) is 1.17. The van der Waals surface area contributed by atoms with Crippen molar-refractivity contribution < 1.29 is 24.2 Å². The number of hydrogen-bond acceptors (Lipinski definition) is 5. The lowest BCUT2D eigenvalue weighted by Gasteiger charge is -1.85. The number of rotatable bonds is 2. The summed E-state index contributed by atoms with van der Waals surface area (Å²) in [7, 11) is 1.18. The van der Waals surface area contributed by atoms with Crippen LogP contribution < -0.4 is 5.32 Å². The average Bonchev–Trinajstić information content (AvgIpc) is 2.66. The number of esters is 1. The van der Waals surface area contributed by atoms with Crippen molar-refractivity contribution >= 4 is 28.9 Å². The number of methoxy groups -OCH3 is 1. The molecule has 1 fully saturated rings. The van der Waals surface area contributed by atoms with Gasteiger partial charge in [-0.2, -0.15) is 0 Å². The summed E-state index contributed by atoms with van der Waals surface area (Å²) in [5.74, 6) is -0.892. The number of aliphatic carboxylic acids is 1. The molecule has 1 aliphatic heterocycles. The molecule has 0 bridgehead atoms. The quantitative estimate of drug-likeness (QED) is 0.524. The van der Waals surface area contributed by atoms with Crippen molar-refractivity contribution in [2.45, 2.75) is 0 Å². The Hall–Kier alpha value is -1.50. The van der Waals surface area contributed by atoms with Crippen LogP contribution in [0.15, 0.2) is 12.2 Å². The molecule has 1 rings (SSSR count). The van der Waals surface area contributed by atoms with Gasteiger partial charge in [-0.1, -0.05) is 11.8 Å². The summed E-state index contributed by atoms with van der Waals surface area (Å²) in [6.45, 7) is 0.851. The number of carboxylic acids is 1. The molecule has 0 aromatic carbocycles. The first-order valence-corrected chi connectivity index (χ1v) is 4.94. The second-order valence-corrected chi connectivity index (χ2v) is 3.33. The Labute approximate surface area is 90.7 Å². The zero-order valence-corrected chi connectivity index (χ0v) is 8.87. The number of carboxylic acid groups (broad SMARTS) is 1. The van der Waals surface area contributed by atoms with Crippen LogP contribution in [0.2, 0.25) is 0 Å². The van der Waals surface area contributed by atoms with E-state index < -0.39 is 11.9 Å². The second-order valence-electron chi connectivity index (χ2n) is 2.26. The minimum absolute atomic E-state index is 0.120. The summed E-state index contributed by atoms with van der Waals surface area (Å²) >= 11 is 1.35. The van der Waals surface area contributed by atoms with Gasteiger partial charge in [0.15, 0.2) is 0 Å². The van der Waals surface area contributed by atoms with Gasteiger partial charge in [0.25, 0.3) is 5.24 Å². The van der Waals surface area contributed by atoms with Crippen molar-refractivity contribution in [1.29, 1.82) is 0 Å². The summed E-state index contributed by atoms with van der Waals surface area (Å²) in [4.78, 5) is 30.0. The van der Waals surface area contributed by atoms with Crippen LogP contribution in [-0.4, -0.2) is 41.7 Å². The van der Waals surface area contributed by atoms with E-state index in [0.717, 1.165) is 18.4 Å². The molecule has 0 unspecified atom stereocenters. The van der Waals surface area contributed by atoms with Crippen LogP contribution in [0.1, 0.15) is 0 Å². The number of hydrogen-bond donors (Lipinski definition) is 2. The Kier molecular flexibility index (Phi) is 7.08. The minimum atomic E-state index is -1.17. The van der Waals surface area contributed by atoms with Gasteiger partial charge in [0.1, 0.15) is 0 Å². The lowest BCUT2D eigenvalue weighted by molar-refractivity contribution is -0.136. The average molecular weight is 233 g/mol. The zero-order chi connectivity index (χ0) is 11.7. The van der Waals surface area contributed by atoms with E-state index in [1.165, 1.54) is 18.9 Å². The van der Waals surface area contributed by atoms with Gasteiger partial charge < -0.3 is 15.2 Å². The summed E-state index contributed by atoms with van der Waals surface area (Å²) in [6, 6.07) is 0. The summed E-state index contributed by atoms with van der Waals surface area (Å²) in [5, 5.41) is 10.7. The topological polar surface area (TPSA) is 92.7 Å². The first-order valence-electron chi connectivity index (χ1n) is 3.96. The molecule has 2 N–H and O–H groups in total. The molecular formula is C8H11NO5S. The van der Waals surface area contributed by atoms with Crippen LogP contribution in [0.5, 0.6) is 0 Å². The van der Waals surface area contributed by atoms with Gasteiger partial charge in [0.2, 0.25) is 0 Å². The predicted octanol–water partition coefficient (Wildman–Crippen LogP) is 0.243. The molecular weight excluding hydrogens is 222 g/mol. The number of carbonyl (C=O) groups is 3. The van der Waals surface area contributed by atoms with Crippen LogP contribution in [0.4, 0.5) is 4.79 Å². The largest absolute Gasteiger partial charge is 0.478 e. The Balaban J connectivity index is 0.000000280. The maximum Gasteiger partial charge on any atom is 0.330 e. The third-order valence-corrected chi connectivity index (χ3v) is 1.98. The van der Waals surface area contributed by atoms with Crippen molar-refractivity contribution in [3.05, 3.63) is 12.2 Å². The van der Waals surface area contributed by atoms with E-state index in [1.54, 1.807) is 0 Å². The molecule has 1 saturated heterocycles. The second kappa shape index (κ2) is 7.86. The van der Waals surface area contributed by atoms with Gasteiger partial charge in [-0.05, 0) is 0 Å². The van der Waals surface area contributed by atoms with Crippen LogP contribution in [0, 0.1) is 0 Å². The molecule has 0 spiro atoms. The molecule has 1 amide bonds. The van der Waals surface area contributed by atoms with E-state index in [9.17, 15) is 14.4 Å². The predicted molar refractivity (Wildman–Crippen MR) is 54.6 cm³/mol. The van der Waals surface area contributed by atoms with E-state index in [4.69, 9.17) is 5.11 Å². The van der Waals surface area contributed by atoms with Crippen LogP contribution in [-0.2, 0) is 14.3 Å². The Bertz CT molecular complexity index is 268. The molecule has 0 aromatic rings. The van der Waals surface area contributed by atoms with Gasteiger partial charge in [-0.25, -0.2) is 9.59 Å². The van der Waals surface area contributed by atoms with Crippen molar-refractivity contribution in [2.75, 3.05) is 19.4 Å². The first-order chi connectivity index (χ1) is 7.06. The highest BCUT2D eigenvalue weighted by atomic mass is 32.2. The van der Waals surface area contributed by atoms with Crippen LogP contribution in [0.25, 0.3) is 0 Å². The molecule has 6 nitrogen and oxygen atoms in total. The molecule has 1 heterocycles. The number of thioether (sulfide) groups is 1. The Morgan fingerprint density at radius 3 is 2.47 bits per heavy atom. The third kappa shape index (κ3) is 8.82. The fourth-order valence-electron chi connectivity index (χ4n) is 0.555. The number of carbonyl (C=O) groups excluding carboxylic acids is 2. The molecule has 1 aliphatic rings. The Morgan fingerprint density at radius 1 is 1.53 bits per heavy atom. The molecule has 84 valence electrons. The lowest BCUT2D eigenvalue weighted by Crippen LogP contribution is -2.10. The maximum atomic E-state index is 10.1. The highest BCUT2D eigenvalue weighted by Crippen LogP contribution is 2.04. The van der Waals surface area contributed by atoms with E-state index in [2.05, 4.69) is 10.1 Å². The van der Waals surface area contributed by atoms with Crippen LogP contribution >= 0.6 is 11.8 Å². The highest BCUT2D eigenvalue weighted by molar-refractivity contribution is 8.13. The van der Waals surface area contributed by atoms with Crippen molar-refractivity contribution in [1.82, 2.24) is 5.32 Å². The van der Waals surface area contributed by atoms with E-state index >= 15 is 0 Å². The lowest BCUT2D eigenvalue weighted by atomic mass is 10.5. The molecule has 0 aliphatic carbocycles. The van der Waals surface area contributed by atoms with Gasteiger partial charge in [-0.3, -0.25) is 4.79 Å². The van der Waals surface area contributed by atoms with Gasteiger partial charge in [-0.15, -0.1) is 0 Å². The molecule has 15 heavy (non-hydrogen) atoms. The monoisotopic (exact) mass is 233 g/mol. The fourth-order valence-corrected chi connectivity index (χ4v) is 1.15. The summed E-state index contributed by atoms with van der Waals surface area (Å²) in [5.41, 5.74) is 0. The maximum absolute atomic E-state index is 10.1. The molecule has 0 atom stereocenters. The van der Waals surface area contributed by atoms with Crippen molar-refractivity contribution in [3.63, 3.8) is 0 Å². The summed E-state index contributed by atoms with van der Waals surface area (Å²) < 4.78 is 4.11. The van der Waals surface area contributed by atoms with Crippen LogP contribution in [0.3, 0.4) is 0 Å². The number of amides is 1. The van der Waals surface area contributed by atoms with Gasteiger partial charge in [0, 0.05) is 24.4 Å². The Morgan fingerprint density at radius 2 is 2.20 bits per heavy atom. The van der Waals surface area contributed by atoms with E-state index in [-0.39, 0.29) is 5.24 Å². The first kappa shape index (κ1) is 13.5. The number of ether oxygens (including phenoxy) is 1. The SMILES string of the molecule is COC(=O)/C=C/C(=O)O.O=C1NCCS1. The van der Waals surface area contributed by atoms with E-state index in [0.29, 0.717) is 6.08 Å². The molecule has 7 heteroatoms. The van der Waals surface area contributed by atoms with Gasteiger partial charge >= 0.3 is 11.9 Å². The normalized spacial score (nSPS) is 14.1. The summed E-state index contributed by atoms with van der Waals surface area (Å²) in [6.07, 6.45) is 1.55. The van der Waals surface area contributed by atoms with Gasteiger partial charge in [0.05, 0.1) is 7.11 Å². The molecule has 0 saturated carbocycles. The van der Waals surface area contributed by atoms with Crippen molar-refractivity contribution in [2.24, 2.45) is 0 Å². The molecule has 0 aromatic heterocycles. The highest BCUT2D eigenvalue weighted by Gasteiger charge is 2.06. The number of nitrogens with one attached hydrogen (secondary N) is 1. The smallest absolute Gasteiger partial charge is 0.330 e.